The zero-order chi connectivity index (χ0) is 23.6. The Labute approximate surface area is 195 Å². The maximum absolute atomic E-state index is 14.6. The van der Waals surface area contributed by atoms with Crippen LogP contribution in [0.25, 0.3) is 0 Å². The second-order valence-corrected chi connectivity index (χ2v) is 11.7. The average molecular weight is 467 g/mol. The fourth-order valence-corrected chi connectivity index (χ4v) is 6.15. The highest BCUT2D eigenvalue weighted by molar-refractivity contribution is 6.60. The molecule has 5 rings (SSSR count). The van der Waals surface area contributed by atoms with Crippen molar-refractivity contribution in [1.82, 2.24) is 0 Å². The van der Waals surface area contributed by atoms with Crippen LogP contribution in [-0.2, 0) is 20.5 Å². The number of halogens is 2. The Hall–Kier alpha value is -1.31. The molecule has 0 radical (unpaired) electrons. The van der Waals surface area contributed by atoms with Crippen molar-refractivity contribution < 1.29 is 28.0 Å². The Kier molecular flexibility index (Phi) is 5.87. The second kappa shape index (κ2) is 7.88. The topological polar surface area (TPSA) is 54.0 Å². The van der Waals surface area contributed by atoms with Crippen molar-refractivity contribution in [2.75, 3.05) is 7.11 Å². The van der Waals surface area contributed by atoms with Gasteiger partial charge in [0.15, 0.2) is 0 Å². The molecule has 8 heteroatoms. The Morgan fingerprint density at radius 3 is 2.59 bits per heavy atom. The van der Waals surface area contributed by atoms with Crippen molar-refractivity contribution >= 4 is 24.7 Å². The zero-order valence-corrected chi connectivity index (χ0v) is 20.7. The van der Waals surface area contributed by atoms with Crippen LogP contribution in [0.3, 0.4) is 0 Å². The first-order valence-corrected chi connectivity index (χ1v) is 11.8. The molecule has 1 aromatic rings. The summed E-state index contributed by atoms with van der Waals surface area (Å²) in [6, 6.07) is 2.83. The molecule has 4 fully saturated rings. The van der Waals surface area contributed by atoms with E-state index in [0.29, 0.717) is 23.8 Å². The molecule has 1 saturated heterocycles. The van der Waals surface area contributed by atoms with Gasteiger partial charge in [-0.3, -0.25) is 0 Å². The fraction of sp³-hybridized carbons (Fsp3) is 0.708. The number of hydrogen-bond donors (Lipinski definition) is 0. The van der Waals surface area contributed by atoms with E-state index in [2.05, 4.69) is 20.8 Å². The number of rotatable bonds is 5. The lowest BCUT2D eigenvalue weighted by Crippen LogP contribution is -2.65. The molecule has 176 valence electrons. The lowest BCUT2D eigenvalue weighted by molar-refractivity contribution is -0.199. The number of benzene rings is 1. The van der Waals surface area contributed by atoms with Gasteiger partial charge in [0.25, 0.3) is 0 Å². The van der Waals surface area contributed by atoms with Crippen LogP contribution in [0.5, 0.6) is 5.75 Å². The van der Waals surface area contributed by atoms with Crippen LogP contribution < -0.4 is 4.74 Å². The van der Waals surface area contributed by atoms with Crippen molar-refractivity contribution in [2.24, 2.45) is 17.3 Å². The largest absolute Gasteiger partial charge is 0.495 e. The molecule has 1 aromatic carbocycles. The van der Waals surface area contributed by atoms with Gasteiger partial charge in [0.05, 0.1) is 24.1 Å². The van der Waals surface area contributed by atoms with Crippen LogP contribution >= 0.6 is 11.6 Å². The third-order valence-electron chi connectivity index (χ3n) is 7.67. The van der Waals surface area contributed by atoms with E-state index >= 15 is 0 Å². The molecule has 0 amide bonds. The number of hydrogen-bond acceptors (Lipinski definition) is 5. The van der Waals surface area contributed by atoms with Gasteiger partial charge in [-0.05, 0) is 75.8 Å². The lowest BCUT2D eigenvalue weighted by Gasteiger charge is -2.64. The number of methoxy groups -OCH3 is 1. The van der Waals surface area contributed by atoms with Gasteiger partial charge in [0.1, 0.15) is 22.7 Å². The van der Waals surface area contributed by atoms with Gasteiger partial charge in [-0.1, -0.05) is 19.9 Å². The molecule has 32 heavy (non-hydrogen) atoms. The highest BCUT2D eigenvalue weighted by atomic mass is 35.5. The second-order valence-electron chi connectivity index (χ2n) is 11.2. The van der Waals surface area contributed by atoms with Crippen molar-refractivity contribution in [3.05, 3.63) is 29.1 Å². The summed E-state index contributed by atoms with van der Waals surface area (Å²) in [5.41, 5.74) is -0.490. The fourth-order valence-electron chi connectivity index (χ4n) is 5.87. The summed E-state index contributed by atoms with van der Waals surface area (Å²) >= 11 is 6.77. The molecule has 1 heterocycles. The summed E-state index contributed by atoms with van der Waals surface area (Å²) in [5, 5.41) is -0.524. The van der Waals surface area contributed by atoms with Crippen LogP contribution in [0, 0.1) is 23.1 Å². The molecular formula is C24H33BClFO5. The van der Waals surface area contributed by atoms with E-state index in [4.69, 9.17) is 30.4 Å². The van der Waals surface area contributed by atoms with E-state index in [1.807, 2.05) is 0 Å². The number of esters is 1. The highest BCUT2D eigenvalue weighted by Crippen LogP contribution is 2.65. The van der Waals surface area contributed by atoms with Crippen molar-refractivity contribution in [3.8, 4) is 5.75 Å². The van der Waals surface area contributed by atoms with E-state index < -0.39 is 29.8 Å². The summed E-state index contributed by atoms with van der Waals surface area (Å²) in [4.78, 5) is 12.6. The molecule has 5 nitrogen and oxygen atoms in total. The Bertz CT molecular complexity index is 916. The Morgan fingerprint density at radius 1 is 1.31 bits per heavy atom. The standard InChI is InChI=1S/C24H33BClFO5/c1-22(2,3)30-21(28)19-15(27)9-8-13(20(19)29-7)10-18(26)25-31-17-12-14-11-16(23(14,4)5)24(17,6)32-25/h8-9,14,16-18H,10-12H2,1-7H3/t14-,16+,17?,18?,24+/m1/s1. The van der Waals surface area contributed by atoms with Crippen LogP contribution in [0.4, 0.5) is 4.39 Å². The SMILES string of the molecule is COc1c(CC(Cl)B2OC3C[C@H]4C[C@@H](C4(C)C)[C@]3(C)O2)ccc(F)c1C(=O)OC(C)(C)C. The molecule has 1 aliphatic heterocycles. The van der Waals surface area contributed by atoms with E-state index in [-0.39, 0.29) is 28.4 Å². The first-order valence-electron chi connectivity index (χ1n) is 11.3. The minimum atomic E-state index is -0.770. The first-order chi connectivity index (χ1) is 14.8. The molecule has 4 aliphatic rings. The molecule has 5 atom stereocenters. The lowest BCUT2D eigenvalue weighted by atomic mass is 9.43. The molecule has 2 bridgehead atoms. The van der Waals surface area contributed by atoms with Crippen LogP contribution in [0.2, 0.25) is 0 Å². The smallest absolute Gasteiger partial charge is 0.477 e. The van der Waals surface area contributed by atoms with E-state index in [0.717, 1.165) is 12.8 Å². The maximum Gasteiger partial charge on any atom is 0.477 e. The minimum Gasteiger partial charge on any atom is -0.495 e. The Balaban J connectivity index is 1.54. The van der Waals surface area contributed by atoms with Gasteiger partial charge < -0.3 is 18.8 Å². The molecule has 3 aliphatic carbocycles. The monoisotopic (exact) mass is 466 g/mol. The van der Waals surface area contributed by atoms with Crippen molar-refractivity contribution in [1.29, 1.82) is 0 Å². The highest BCUT2D eigenvalue weighted by Gasteiger charge is 2.68. The third-order valence-corrected chi connectivity index (χ3v) is 8.03. The first kappa shape index (κ1) is 23.8. The van der Waals surface area contributed by atoms with Gasteiger partial charge in [-0.2, -0.15) is 0 Å². The van der Waals surface area contributed by atoms with Crippen molar-refractivity contribution in [3.63, 3.8) is 0 Å². The molecule has 0 spiro atoms. The van der Waals surface area contributed by atoms with Gasteiger partial charge in [-0.25, -0.2) is 9.18 Å². The van der Waals surface area contributed by atoms with Gasteiger partial charge in [-0.15, -0.1) is 11.6 Å². The zero-order valence-electron chi connectivity index (χ0n) is 20.0. The summed E-state index contributed by atoms with van der Waals surface area (Å²) in [5.74, 6) is -0.245. The van der Waals surface area contributed by atoms with Gasteiger partial charge in [0.2, 0.25) is 0 Å². The molecule has 3 saturated carbocycles. The molecule has 0 aromatic heterocycles. The van der Waals surface area contributed by atoms with E-state index in [1.54, 1.807) is 26.8 Å². The van der Waals surface area contributed by atoms with Gasteiger partial charge in [0, 0.05) is 0 Å². The molecular weight excluding hydrogens is 434 g/mol. The summed E-state index contributed by atoms with van der Waals surface area (Å²) in [7, 11) is 0.824. The number of alkyl halides is 1. The molecule has 2 unspecified atom stereocenters. The predicted octanol–water partition coefficient (Wildman–Crippen LogP) is 5.21. The van der Waals surface area contributed by atoms with Crippen molar-refractivity contribution in [2.45, 2.75) is 83.4 Å². The quantitative estimate of drug-likeness (QED) is 0.339. The van der Waals surface area contributed by atoms with Gasteiger partial charge >= 0.3 is 13.1 Å². The number of carbonyl (C=O) groups excluding carboxylic acids is 1. The minimum absolute atomic E-state index is 0.0259. The number of carbonyl (C=O) groups is 1. The maximum atomic E-state index is 14.6. The molecule has 0 N–H and O–H groups in total. The van der Waals surface area contributed by atoms with Crippen LogP contribution in [-0.4, -0.2) is 42.8 Å². The average Bonchev–Trinajstić information content (AvgIpc) is 3.04. The van der Waals surface area contributed by atoms with Crippen LogP contribution in [0.15, 0.2) is 12.1 Å². The third kappa shape index (κ3) is 3.84. The Morgan fingerprint density at radius 2 is 2.00 bits per heavy atom. The van der Waals surface area contributed by atoms with Crippen LogP contribution in [0.1, 0.15) is 70.3 Å². The summed E-state index contributed by atoms with van der Waals surface area (Å²) in [6.07, 6.45) is 2.46. The number of ether oxygens (including phenoxy) is 2. The van der Waals surface area contributed by atoms with E-state index in [1.165, 1.54) is 13.2 Å². The summed E-state index contributed by atoms with van der Waals surface area (Å²) < 4.78 is 38.1. The summed E-state index contributed by atoms with van der Waals surface area (Å²) in [6.45, 7) is 12.0. The van der Waals surface area contributed by atoms with E-state index in [9.17, 15) is 9.18 Å². The predicted molar refractivity (Wildman–Crippen MR) is 122 cm³/mol. The normalized spacial score (nSPS) is 31.5.